The quantitative estimate of drug-likeness (QED) is 0.895. The Labute approximate surface area is 119 Å². The molecule has 1 aliphatic carbocycles. The Morgan fingerprint density at radius 1 is 1.40 bits per heavy atom. The highest BCUT2D eigenvalue weighted by molar-refractivity contribution is 5.73. The fourth-order valence-corrected chi connectivity index (χ4v) is 2.96. The van der Waals surface area contributed by atoms with Crippen LogP contribution in [-0.4, -0.2) is 16.7 Å². The average molecular weight is 269 g/mol. The lowest BCUT2D eigenvalue weighted by Gasteiger charge is -2.25. The molecule has 0 aromatic carbocycles. The minimum atomic E-state index is -0.559. The molecular weight excluding hydrogens is 250 g/mol. The van der Waals surface area contributed by atoms with Gasteiger partial charge in [-0.1, -0.05) is 18.7 Å². The maximum Gasteiger partial charge on any atom is 0.104 e. The standard InChI is InChI=1S/C17H19NO2/c1-3-12-4-5-13(6-11(12)2)14-7-18-8-15-16(14)9-20-10-17(15)19/h3,6-8,17,19H,1,4-5,9-10H2,2H3. The Bertz CT molecular complexity index is 613. The zero-order valence-electron chi connectivity index (χ0n) is 11.7. The van der Waals surface area contributed by atoms with Crippen molar-refractivity contribution in [3.8, 4) is 0 Å². The van der Waals surface area contributed by atoms with E-state index in [1.807, 2.05) is 12.3 Å². The van der Waals surface area contributed by atoms with Gasteiger partial charge in [0.2, 0.25) is 0 Å². The lowest BCUT2D eigenvalue weighted by atomic mass is 9.86. The average Bonchev–Trinajstić information content (AvgIpc) is 2.47. The van der Waals surface area contributed by atoms with E-state index in [9.17, 15) is 5.11 Å². The number of rotatable bonds is 2. The first-order valence-electron chi connectivity index (χ1n) is 6.96. The maximum atomic E-state index is 10.0. The van der Waals surface area contributed by atoms with Crippen LogP contribution >= 0.6 is 0 Å². The van der Waals surface area contributed by atoms with Gasteiger partial charge in [-0.2, -0.15) is 0 Å². The second kappa shape index (κ2) is 5.35. The molecule has 0 saturated carbocycles. The molecular formula is C17H19NO2. The Morgan fingerprint density at radius 2 is 2.25 bits per heavy atom. The minimum Gasteiger partial charge on any atom is -0.386 e. The first-order valence-corrected chi connectivity index (χ1v) is 6.96. The number of aliphatic hydroxyl groups is 1. The second-order valence-electron chi connectivity index (χ2n) is 5.37. The smallest absolute Gasteiger partial charge is 0.104 e. The number of fused-ring (bicyclic) bond motifs is 1. The molecule has 3 nitrogen and oxygen atoms in total. The van der Waals surface area contributed by atoms with E-state index < -0.39 is 6.10 Å². The van der Waals surface area contributed by atoms with Gasteiger partial charge in [0, 0.05) is 23.5 Å². The number of nitrogens with zero attached hydrogens (tertiary/aromatic N) is 1. The first kappa shape index (κ1) is 13.3. The topological polar surface area (TPSA) is 42.4 Å². The van der Waals surface area contributed by atoms with Crippen molar-refractivity contribution in [2.45, 2.75) is 32.5 Å². The molecule has 0 radical (unpaired) electrons. The van der Waals surface area contributed by atoms with Gasteiger partial charge in [-0.25, -0.2) is 0 Å². The number of aromatic nitrogens is 1. The van der Waals surface area contributed by atoms with Crippen molar-refractivity contribution in [1.82, 2.24) is 4.98 Å². The van der Waals surface area contributed by atoms with E-state index in [2.05, 4.69) is 24.6 Å². The maximum absolute atomic E-state index is 10.0. The van der Waals surface area contributed by atoms with E-state index in [-0.39, 0.29) is 0 Å². The molecule has 0 saturated heterocycles. The third-order valence-corrected chi connectivity index (χ3v) is 4.13. The van der Waals surface area contributed by atoms with E-state index in [0.29, 0.717) is 13.2 Å². The molecule has 1 aromatic heterocycles. The fraction of sp³-hybridized carbons (Fsp3) is 0.353. The van der Waals surface area contributed by atoms with Crippen LogP contribution in [0.15, 0.2) is 42.3 Å². The molecule has 20 heavy (non-hydrogen) atoms. The number of pyridine rings is 1. The van der Waals surface area contributed by atoms with E-state index >= 15 is 0 Å². The van der Waals surface area contributed by atoms with Gasteiger partial charge in [0.05, 0.1) is 13.2 Å². The van der Waals surface area contributed by atoms with Crippen LogP contribution in [0.4, 0.5) is 0 Å². The van der Waals surface area contributed by atoms with Gasteiger partial charge in [-0.3, -0.25) is 4.98 Å². The van der Waals surface area contributed by atoms with Crippen LogP contribution in [0.25, 0.3) is 5.57 Å². The molecule has 0 amide bonds. The lowest BCUT2D eigenvalue weighted by Crippen LogP contribution is -2.18. The highest BCUT2D eigenvalue weighted by Gasteiger charge is 2.23. The summed E-state index contributed by atoms with van der Waals surface area (Å²) in [6.45, 7) is 6.89. The summed E-state index contributed by atoms with van der Waals surface area (Å²) in [5, 5.41) is 10.0. The summed E-state index contributed by atoms with van der Waals surface area (Å²) < 4.78 is 5.48. The largest absolute Gasteiger partial charge is 0.386 e. The van der Waals surface area contributed by atoms with E-state index in [1.54, 1.807) is 6.20 Å². The Morgan fingerprint density at radius 3 is 3.00 bits per heavy atom. The van der Waals surface area contributed by atoms with Crippen molar-refractivity contribution in [2.24, 2.45) is 0 Å². The van der Waals surface area contributed by atoms with Crippen molar-refractivity contribution in [2.75, 3.05) is 6.61 Å². The van der Waals surface area contributed by atoms with Gasteiger partial charge >= 0.3 is 0 Å². The normalized spacial score (nSPS) is 22.3. The highest BCUT2D eigenvalue weighted by Crippen LogP contribution is 2.35. The molecule has 1 N–H and O–H groups in total. The SMILES string of the molecule is C=CC1=C(C)C=C(c2cncc3c2COCC3O)CC1. The van der Waals surface area contributed by atoms with Crippen molar-refractivity contribution in [3.05, 3.63) is 59.0 Å². The van der Waals surface area contributed by atoms with Crippen molar-refractivity contribution in [3.63, 3.8) is 0 Å². The second-order valence-corrected chi connectivity index (χ2v) is 5.37. The zero-order valence-corrected chi connectivity index (χ0v) is 11.7. The number of ether oxygens (including phenoxy) is 1. The van der Waals surface area contributed by atoms with Gasteiger partial charge < -0.3 is 9.84 Å². The number of aliphatic hydroxyl groups excluding tert-OH is 1. The molecule has 1 atom stereocenters. The van der Waals surface area contributed by atoms with Gasteiger partial charge in [0.1, 0.15) is 6.10 Å². The molecule has 1 unspecified atom stereocenters. The lowest BCUT2D eigenvalue weighted by molar-refractivity contribution is 0.00938. The molecule has 1 aliphatic heterocycles. The molecule has 1 aromatic rings. The van der Waals surface area contributed by atoms with Crippen molar-refractivity contribution < 1.29 is 9.84 Å². The van der Waals surface area contributed by atoms with Gasteiger partial charge in [-0.15, -0.1) is 0 Å². The minimum absolute atomic E-state index is 0.358. The zero-order chi connectivity index (χ0) is 14.1. The van der Waals surface area contributed by atoms with Crippen LogP contribution in [0.3, 0.4) is 0 Å². The summed E-state index contributed by atoms with van der Waals surface area (Å²) >= 11 is 0. The van der Waals surface area contributed by atoms with E-state index in [4.69, 9.17) is 4.74 Å². The third-order valence-electron chi connectivity index (χ3n) is 4.13. The van der Waals surface area contributed by atoms with Gasteiger partial charge in [-0.05, 0) is 42.0 Å². The number of hydrogen-bond donors (Lipinski definition) is 1. The Balaban J connectivity index is 2.06. The monoisotopic (exact) mass is 269 g/mol. The van der Waals surface area contributed by atoms with Crippen LogP contribution in [-0.2, 0) is 11.3 Å². The van der Waals surface area contributed by atoms with Crippen LogP contribution in [0.1, 0.15) is 42.6 Å². The molecule has 3 heteroatoms. The van der Waals surface area contributed by atoms with Gasteiger partial charge in [0.15, 0.2) is 0 Å². The number of allylic oxidation sites excluding steroid dienone is 5. The molecule has 0 fully saturated rings. The molecule has 2 aliphatic rings. The molecule has 2 heterocycles. The Hall–Kier alpha value is -1.71. The van der Waals surface area contributed by atoms with Gasteiger partial charge in [0.25, 0.3) is 0 Å². The highest BCUT2D eigenvalue weighted by atomic mass is 16.5. The third kappa shape index (κ3) is 2.23. The summed E-state index contributed by atoms with van der Waals surface area (Å²) in [5.41, 5.74) is 6.95. The van der Waals surface area contributed by atoms with Crippen LogP contribution in [0.5, 0.6) is 0 Å². The van der Waals surface area contributed by atoms with Crippen LogP contribution in [0, 0.1) is 0 Å². The Kier molecular flexibility index (Phi) is 3.55. The predicted octanol–water partition coefficient (Wildman–Crippen LogP) is 3.32. The molecule has 104 valence electrons. The molecule has 0 bridgehead atoms. The molecule has 0 spiro atoms. The fourth-order valence-electron chi connectivity index (χ4n) is 2.96. The molecule has 3 rings (SSSR count). The summed E-state index contributed by atoms with van der Waals surface area (Å²) in [6.07, 6.45) is 9.22. The predicted molar refractivity (Wildman–Crippen MR) is 79.0 cm³/mol. The van der Waals surface area contributed by atoms with E-state index in [1.165, 1.54) is 16.7 Å². The van der Waals surface area contributed by atoms with Crippen molar-refractivity contribution in [1.29, 1.82) is 0 Å². The van der Waals surface area contributed by atoms with Crippen molar-refractivity contribution >= 4 is 5.57 Å². The summed E-state index contributed by atoms with van der Waals surface area (Å²) in [4.78, 5) is 4.30. The van der Waals surface area contributed by atoms with E-state index in [0.717, 1.165) is 29.5 Å². The first-order chi connectivity index (χ1) is 9.70. The van der Waals surface area contributed by atoms with Crippen LogP contribution < -0.4 is 0 Å². The summed E-state index contributed by atoms with van der Waals surface area (Å²) in [6, 6.07) is 0. The number of hydrogen-bond acceptors (Lipinski definition) is 3. The van der Waals surface area contributed by atoms with Crippen LogP contribution in [0.2, 0.25) is 0 Å². The summed E-state index contributed by atoms with van der Waals surface area (Å²) in [7, 11) is 0. The summed E-state index contributed by atoms with van der Waals surface area (Å²) in [5.74, 6) is 0.